The summed E-state index contributed by atoms with van der Waals surface area (Å²) in [5, 5.41) is 16.5. The molecule has 0 amide bonds. The number of ether oxygens (including phenoxy) is 1. The highest BCUT2D eigenvalue weighted by Gasteiger charge is 2.12. The molecular formula is C4H11BO4. The van der Waals surface area contributed by atoms with Gasteiger partial charge < -0.3 is 19.4 Å². The van der Waals surface area contributed by atoms with Crippen molar-refractivity contribution in [3.05, 3.63) is 0 Å². The molecule has 1 unspecified atom stereocenters. The predicted octanol–water partition coefficient (Wildman–Crippen LogP) is -0.993. The van der Waals surface area contributed by atoms with Crippen molar-refractivity contribution in [2.24, 2.45) is 0 Å². The van der Waals surface area contributed by atoms with E-state index in [0.717, 1.165) is 0 Å². The standard InChI is InChI=1S/C4H11BO4/c1-4(3-8-2)9-5(6)7/h4,6-7H,3H2,1-2H3. The van der Waals surface area contributed by atoms with Gasteiger partial charge in [-0.25, -0.2) is 0 Å². The lowest BCUT2D eigenvalue weighted by Crippen LogP contribution is -2.26. The van der Waals surface area contributed by atoms with E-state index in [1.807, 2.05) is 0 Å². The van der Waals surface area contributed by atoms with Crippen LogP contribution in [0, 0.1) is 0 Å². The predicted molar refractivity (Wildman–Crippen MR) is 32.6 cm³/mol. The summed E-state index contributed by atoms with van der Waals surface area (Å²) in [6, 6.07) is 0. The van der Waals surface area contributed by atoms with Crippen molar-refractivity contribution in [2.75, 3.05) is 13.7 Å². The third-order valence-electron chi connectivity index (χ3n) is 0.755. The van der Waals surface area contributed by atoms with E-state index in [0.29, 0.717) is 6.61 Å². The van der Waals surface area contributed by atoms with Crippen molar-refractivity contribution in [2.45, 2.75) is 13.0 Å². The van der Waals surface area contributed by atoms with E-state index in [9.17, 15) is 0 Å². The molecule has 0 aliphatic heterocycles. The van der Waals surface area contributed by atoms with Gasteiger partial charge in [0.15, 0.2) is 0 Å². The molecule has 0 rings (SSSR count). The summed E-state index contributed by atoms with van der Waals surface area (Å²) in [5.74, 6) is 0. The van der Waals surface area contributed by atoms with Gasteiger partial charge in [0, 0.05) is 7.11 Å². The number of hydrogen-bond donors (Lipinski definition) is 2. The maximum Gasteiger partial charge on any atom is 0.634 e. The molecule has 5 heteroatoms. The summed E-state index contributed by atoms with van der Waals surface area (Å²) in [7, 11) is -0.181. The van der Waals surface area contributed by atoms with Crippen molar-refractivity contribution in [1.29, 1.82) is 0 Å². The molecule has 2 N–H and O–H groups in total. The Balaban J connectivity index is 3.15. The first-order valence-corrected chi connectivity index (χ1v) is 2.67. The molecule has 0 saturated carbocycles. The van der Waals surface area contributed by atoms with Crippen molar-refractivity contribution in [3.8, 4) is 0 Å². The highest BCUT2D eigenvalue weighted by molar-refractivity contribution is 6.32. The van der Waals surface area contributed by atoms with Crippen LogP contribution in [0.2, 0.25) is 0 Å². The van der Waals surface area contributed by atoms with Crippen LogP contribution in [0.15, 0.2) is 0 Å². The largest absolute Gasteiger partial charge is 0.634 e. The van der Waals surface area contributed by atoms with Crippen LogP contribution in [0.3, 0.4) is 0 Å². The van der Waals surface area contributed by atoms with Crippen LogP contribution >= 0.6 is 0 Å². The Hall–Kier alpha value is -0.0951. The highest BCUT2D eigenvalue weighted by Crippen LogP contribution is 1.90. The van der Waals surface area contributed by atoms with Gasteiger partial charge in [0.1, 0.15) is 0 Å². The van der Waals surface area contributed by atoms with E-state index in [1.54, 1.807) is 6.92 Å². The SMILES string of the molecule is COCC(C)OB(O)O. The third kappa shape index (κ3) is 5.78. The molecule has 0 aromatic heterocycles. The van der Waals surface area contributed by atoms with Crippen molar-refractivity contribution >= 4 is 7.32 Å². The van der Waals surface area contributed by atoms with Gasteiger partial charge in [0.05, 0.1) is 12.7 Å². The lowest BCUT2D eigenvalue weighted by atomic mass is 10.2. The van der Waals surface area contributed by atoms with Gasteiger partial charge >= 0.3 is 7.32 Å². The fourth-order valence-electron chi connectivity index (χ4n) is 0.482. The fraction of sp³-hybridized carbons (Fsp3) is 1.00. The first-order valence-electron chi connectivity index (χ1n) is 2.67. The van der Waals surface area contributed by atoms with E-state index in [-0.39, 0.29) is 6.10 Å². The van der Waals surface area contributed by atoms with E-state index in [4.69, 9.17) is 10.0 Å². The van der Waals surface area contributed by atoms with Crippen LogP contribution in [0.4, 0.5) is 0 Å². The molecule has 1 atom stereocenters. The maximum absolute atomic E-state index is 8.23. The van der Waals surface area contributed by atoms with Gasteiger partial charge in [-0.05, 0) is 6.92 Å². The Morgan fingerprint density at radius 1 is 1.56 bits per heavy atom. The van der Waals surface area contributed by atoms with Gasteiger partial charge in [-0.3, -0.25) is 0 Å². The molecule has 0 saturated heterocycles. The average Bonchev–Trinajstić information content (AvgIpc) is 1.63. The minimum absolute atomic E-state index is 0.282. The Kier molecular flexibility index (Phi) is 4.70. The van der Waals surface area contributed by atoms with Gasteiger partial charge in [-0.2, -0.15) is 0 Å². The third-order valence-corrected chi connectivity index (χ3v) is 0.755. The van der Waals surface area contributed by atoms with E-state index in [1.165, 1.54) is 7.11 Å². The average molecular weight is 134 g/mol. The van der Waals surface area contributed by atoms with Crippen molar-refractivity contribution in [1.82, 2.24) is 0 Å². The lowest BCUT2D eigenvalue weighted by Gasteiger charge is -2.09. The second kappa shape index (κ2) is 4.75. The molecule has 0 fully saturated rings. The zero-order chi connectivity index (χ0) is 7.28. The number of methoxy groups -OCH3 is 1. The Bertz CT molecular complexity index is 67.6. The molecule has 0 spiro atoms. The quantitative estimate of drug-likeness (QED) is 0.484. The summed E-state index contributed by atoms with van der Waals surface area (Å²) in [6.07, 6.45) is -0.282. The number of rotatable bonds is 4. The van der Waals surface area contributed by atoms with Gasteiger partial charge in [-0.1, -0.05) is 0 Å². The van der Waals surface area contributed by atoms with Crippen LogP contribution in [-0.2, 0) is 9.39 Å². The Morgan fingerprint density at radius 2 is 2.11 bits per heavy atom. The minimum atomic E-state index is -1.70. The lowest BCUT2D eigenvalue weighted by molar-refractivity contribution is 0.0571. The second-order valence-corrected chi connectivity index (χ2v) is 1.73. The second-order valence-electron chi connectivity index (χ2n) is 1.73. The summed E-state index contributed by atoms with van der Waals surface area (Å²) >= 11 is 0. The molecule has 9 heavy (non-hydrogen) atoms. The molecule has 0 bridgehead atoms. The molecular weight excluding hydrogens is 123 g/mol. The van der Waals surface area contributed by atoms with Crippen LogP contribution in [0.1, 0.15) is 6.92 Å². The van der Waals surface area contributed by atoms with Gasteiger partial charge in [0.2, 0.25) is 0 Å². The zero-order valence-corrected chi connectivity index (χ0v) is 5.57. The van der Waals surface area contributed by atoms with Crippen molar-refractivity contribution in [3.63, 3.8) is 0 Å². The van der Waals surface area contributed by atoms with Crippen LogP contribution in [-0.4, -0.2) is 37.2 Å². The molecule has 0 heterocycles. The maximum atomic E-state index is 8.23. The van der Waals surface area contributed by atoms with E-state index < -0.39 is 7.32 Å². The zero-order valence-electron chi connectivity index (χ0n) is 5.57. The first-order chi connectivity index (χ1) is 4.16. The van der Waals surface area contributed by atoms with Crippen LogP contribution in [0.5, 0.6) is 0 Å². The first kappa shape index (κ1) is 8.90. The smallest absolute Gasteiger partial charge is 0.402 e. The summed E-state index contributed by atoms with van der Waals surface area (Å²) in [4.78, 5) is 0. The number of hydrogen-bond acceptors (Lipinski definition) is 4. The van der Waals surface area contributed by atoms with Gasteiger partial charge in [0.25, 0.3) is 0 Å². The highest BCUT2D eigenvalue weighted by atomic mass is 16.6. The summed E-state index contributed by atoms with van der Waals surface area (Å²) < 4.78 is 9.13. The summed E-state index contributed by atoms with van der Waals surface area (Å²) in [6.45, 7) is 2.04. The minimum Gasteiger partial charge on any atom is -0.402 e. The molecule has 0 aromatic rings. The normalized spacial score (nSPS) is 13.3. The molecule has 0 aliphatic carbocycles. The topological polar surface area (TPSA) is 58.9 Å². The molecule has 0 radical (unpaired) electrons. The van der Waals surface area contributed by atoms with Crippen LogP contribution < -0.4 is 0 Å². The molecule has 0 aromatic carbocycles. The molecule has 0 aliphatic rings. The van der Waals surface area contributed by atoms with Crippen LogP contribution in [0.25, 0.3) is 0 Å². The van der Waals surface area contributed by atoms with Crippen molar-refractivity contribution < 1.29 is 19.4 Å². The van der Waals surface area contributed by atoms with E-state index in [2.05, 4.69) is 9.39 Å². The molecule has 4 nitrogen and oxygen atoms in total. The summed E-state index contributed by atoms with van der Waals surface area (Å²) in [5.41, 5.74) is 0. The Labute approximate surface area is 54.6 Å². The molecule has 54 valence electrons. The van der Waals surface area contributed by atoms with Gasteiger partial charge in [-0.15, -0.1) is 0 Å². The monoisotopic (exact) mass is 134 g/mol. The Morgan fingerprint density at radius 3 is 2.44 bits per heavy atom. The fourth-order valence-corrected chi connectivity index (χ4v) is 0.482. The van der Waals surface area contributed by atoms with E-state index >= 15 is 0 Å².